The van der Waals surface area contributed by atoms with Gasteiger partial charge >= 0.3 is 0 Å². The Morgan fingerprint density at radius 2 is 1.62 bits per heavy atom. The number of benzene rings is 2. The molecule has 0 saturated carbocycles. The predicted octanol–water partition coefficient (Wildman–Crippen LogP) is 5.21. The molecule has 21 heavy (non-hydrogen) atoms. The molecule has 2 rings (SSSR count). The smallest absolute Gasteiger partial charge is 0.119 e. The number of para-hydroxylation sites is 1. The maximum absolute atomic E-state index is 6.14. The van der Waals surface area contributed by atoms with Gasteiger partial charge in [-0.25, -0.2) is 0 Å². The molecule has 112 valence electrons. The highest BCUT2D eigenvalue weighted by atomic mass is 35.5. The first-order chi connectivity index (χ1) is 10.2. The molecule has 0 aliphatic heterocycles. The Morgan fingerprint density at radius 3 is 2.38 bits per heavy atom. The Kier molecular flexibility index (Phi) is 6.65. The highest BCUT2D eigenvalue weighted by Gasteiger charge is 2.08. The third-order valence-corrected chi connectivity index (χ3v) is 4.15. The summed E-state index contributed by atoms with van der Waals surface area (Å²) in [5, 5.41) is 4.94. The van der Waals surface area contributed by atoms with Crippen LogP contribution in [0.5, 0.6) is 5.75 Å². The van der Waals surface area contributed by atoms with Crippen LogP contribution in [0.15, 0.2) is 42.5 Å². The van der Waals surface area contributed by atoms with Gasteiger partial charge < -0.3 is 10.1 Å². The van der Waals surface area contributed by atoms with Crippen LogP contribution >= 0.6 is 34.8 Å². The summed E-state index contributed by atoms with van der Waals surface area (Å²) in [5.41, 5.74) is 0.829. The van der Waals surface area contributed by atoms with Gasteiger partial charge in [0, 0.05) is 17.1 Å². The van der Waals surface area contributed by atoms with Crippen LogP contribution in [-0.2, 0) is 6.54 Å². The van der Waals surface area contributed by atoms with Gasteiger partial charge in [-0.3, -0.25) is 0 Å². The van der Waals surface area contributed by atoms with E-state index in [2.05, 4.69) is 5.32 Å². The van der Waals surface area contributed by atoms with Crippen molar-refractivity contribution >= 4 is 34.8 Å². The van der Waals surface area contributed by atoms with Gasteiger partial charge in [0.05, 0.1) is 16.7 Å². The van der Waals surface area contributed by atoms with E-state index in [4.69, 9.17) is 39.5 Å². The summed E-state index contributed by atoms with van der Waals surface area (Å²) in [6.45, 7) is 2.06. The molecule has 0 heterocycles. The van der Waals surface area contributed by atoms with E-state index in [1.807, 2.05) is 30.3 Å². The van der Waals surface area contributed by atoms with Crippen molar-refractivity contribution in [1.82, 2.24) is 5.32 Å². The molecule has 0 atom stereocenters. The summed E-state index contributed by atoms with van der Waals surface area (Å²) < 4.78 is 5.61. The SMILES string of the molecule is Clc1ccc(Cl)c(CNCCCOc2ccccc2)c1Cl. The molecule has 0 aliphatic rings. The monoisotopic (exact) mass is 343 g/mol. The number of ether oxygens (including phenoxy) is 1. The summed E-state index contributed by atoms with van der Waals surface area (Å²) in [4.78, 5) is 0. The second-order valence-electron chi connectivity index (χ2n) is 4.51. The van der Waals surface area contributed by atoms with Gasteiger partial charge in [-0.1, -0.05) is 53.0 Å². The van der Waals surface area contributed by atoms with Crippen LogP contribution in [0.1, 0.15) is 12.0 Å². The molecule has 0 unspecified atom stereocenters. The van der Waals surface area contributed by atoms with E-state index in [0.29, 0.717) is 28.2 Å². The van der Waals surface area contributed by atoms with E-state index in [9.17, 15) is 0 Å². The standard InChI is InChI=1S/C16H16Cl3NO/c17-14-7-8-15(18)16(19)13(14)11-20-9-4-10-21-12-5-2-1-3-6-12/h1-3,5-8,20H,4,9-11H2. The Balaban J connectivity index is 1.70. The fourth-order valence-electron chi connectivity index (χ4n) is 1.85. The average Bonchev–Trinajstić information content (AvgIpc) is 2.51. The van der Waals surface area contributed by atoms with E-state index in [0.717, 1.165) is 24.3 Å². The molecule has 1 N–H and O–H groups in total. The van der Waals surface area contributed by atoms with Crippen LogP contribution < -0.4 is 10.1 Å². The third kappa shape index (κ3) is 5.08. The number of hydrogen-bond acceptors (Lipinski definition) is 2. The highest BCUT2D eigenvalue weighted by Crippen LogP contribution is 2.31. The van der Waals surface area contributed by atoms with Gasteiger partial charge in [-0.2, -0.15) is 0 Å². The molecule has 0 saturated heterocycles. The van der Waals surface area contributed by atoms with Crippen LogP contribution in [0.4, 0.5) is 0 Å². The second kappa shape index (κ2) is 8.50. The molecule has 2 aromatic rings. The molecule has 2 nitrogen and oxygen atoms in total. The molecular formula is C16H16Cl3NO. The van der Waals surface area contributed by atoms with Crippen molar-refractivity contribution in [2.75, 3.05) is 13.2 Å². The van der Waals surface area contributed by atoms with Gasteiger partial charge in [0.2, 0.25) is 0 Å². The molecule has 0 aromatic heterocycles. The van der Waals surface area contributed by atoms with Crippen LogP contribution in [0.3, 0.4) is 0 Å². The third-order valence-electron chi connectivity index (χ3n) is 2.95. The zero-order chi connectivity index (χ0) is 15.1. The molecular weight excluding hydrogens is 329 g/mol. The Hall–Kier alpha value is -0.930. The normalized spacial score (nSPS) is 10.6. The van der Waals surface area contributed by atoms with E-state index >= 15 is 0 Å². The molecule has 0 amide bonds. The van der Waals surface area contributed by atoms with Crippen molar-refractivity contribution in [3.8, 4) is 5.75 Å². The van der Waals surface area contributed by atoms with Gasteiger partial charge in [0.1, 0.15) is 5.75 Å². The first kappa shape index (κ1) is 16.4. The lowest BCUT2D eigenvalue weighted by molar-refractivity contribution is 0.308. The molecule has 0 radical (unpaired) electrons. The quantitative estimate of drug-likeness (QED) is 0.550. The molecule has 0 spiro atoms. The van der Waals surface area contributed by atoms with E-state index in [-0.39, 0.29) is 0 Å². The minimum atomic E-state index is 0.511. The number of nitrogens with one attached hydrogen (secondary N) is 1. The zero-order valence-electron chi connectivity index (χ0n) is 11.4. The van der Waals surface area contributed by atoms with Crippen LogP contribution in [0, 0.1) is 0 Å². The Morgan fingerprint density at radius 1 is 0.905 bits per heavy atom. The fourth-order valence-corrected chi connectivity index (χ4v) is 2.53. The molecule has 0 bridgehead atoms. The predicted molar refractivity (Wildman–Crippen MR) is 89.7 cm³/mol. The van der Waals surface area contributed by atoms with Gasteiger partial charge in [-0.15, -0.1) is 0 Å². The summed E-state index contributed by atoms with van der Waals surface area (Å²) >= 11 is 18.2. The van der Waals surface area contributed by atoms with E-state index in [1.165, 1.54) is 0 Å². The van der Waals surface area contributed by atoms with Crippen LogP contribution in [-0.4, -0.2) is 13.2 Å². The maximum atomic E-state index is 6.14. The Labute approximate surface area is 140 Å². The lowest BCUT2D eigenvalue weighted by Gasteiger charge is -2.10. The second-order valence-corrected chi connectivity index (χ2v) is 5.71. The summed E-state index contributed by atoms with van der Waals surface area (Å²) in [6.07, 6.45) is 0.894. The summed E-state index contributed by atoms with van der Waals surface area (Å²) in [7, 11) is 0. The molecule has 0 fully saturated rings. The zero-order valence-corrected chi connectivity index (χ0v) is 13.7. The minimum Gasteiger partial charge on any atom is -0.494 e. The van der Waals surface area contributed by atoms with Gasteiger partial charge in [0.15, 0.2) is 0 Å². The number of halogens is 3. The van der Waals surface area contributed by atoms with Gasteiger partial charge in [0.25, 0.3) is 0 Å². The van der Waals surface area contributed by atoms with Crippen molar-refractivity contribution in [3.63, 3.8) is 0 Å². The largest absolute Gasteiger partial charge is 0.494 e. The minimum absolute atomic E-state index is 0.511. The highest BCUT2D eigenvalue weighted by molar-refractivity contribution is 6.44. The maximum Gasteiger partial charge on any atom is 0.119 e. The van der Waals surface area contributed by atoms with Crippen molar-refractivity contribution < 1.29 is 4.74 Å². The summed E-state index contributed by atoms with van der Waals surface area (Å²) in [6, 6.07) is 13.2. The van der Waals surface area contributed by atoms with E-state index < -0.39 is 0 Å². The number of hydrogen-bond donors (Lipinski definition) is 1. The lowest BCUT2D eigenvalue weighted by Crippen LogP contribution is -2.17. The van der Waals surface area contributed by atoms with Crippen LogP contribution in [0.25, 0.3) is 0 Å². The van der Waals surface area contributed by atoms with Crippen LogP contribution in [0.2, 0.25) is 15.1 Å². The summed E-state index contributed by atoms with van der Waals surface area (Å²) in [5.74, 6) is 0.887. The lowest BCUT2D eigenvalue weighted by atomic mass is 10.2. The van der Waals surface area contributed by atoms with E-state index in [1.54, 1.807) is 12.1 Å². The first-order valence-corrected chi connectivity index (χ1v) is 7.83. The molecule has 2 aromatic carbocycles. The van der Waals surface area contributed by atoms with Gasteiger partial charge in [-0.05, 0) is 37.2 Å². The number of rotatable bonds is 7. The topological polar surface area (TPSA) is 21.3 Å². The molecule has 5 heteroatoms. The first-order valence-electron chi connectivity index (χ1n) is 6.69. The average molecular weight is 345 g/mol. The van der Waals surface area contributed by atoms with Crippen molar-refractivity contribution in [3.05, 3.63) is 63.1 Å². The Bertz CT molecular complexity index is 575. The van der Waals surface area contributed by atoms with Crippen molar-refractivity contribution in [2.24, 2.45) is 0 Å². The molecule has 0 aliphatic carbocycles. The van der Waals surface area contributed by atoms with Crippen molar-refractivity contribution in [1.29, 1.82) is 0 Å². The fraction of sp³-hybridized carbons (Fsp3) is 0.250. The van der Waals surface area contributed by atoms with Crippen molar-refractivity contribution in [2.45, 2.75) is 13.0 Å².